The number of hydrogen-bond acceptors (Lipinski definition) is 2. The molecule has 1 N–H and O–H groups in total. The Balaban J connectivity index is 2.05. The van der Waals surface area contributed by atoms with E-state index in [0.717, 1.165) is 24.6 Å². The third-order valence-electron chi connectivity index (χ3n) is 3.67. The Labute approximate surface area is 114 Å². The zero-order valence-corrected chi connectivity index (χ0v) is 11.5. The van der Waals surface area contributed by atoms with Gasteiger partial charge in [0.2, 0.25) is 0 Å². The van der Waals surface area contributed by atoms with Crippen LogP contribution in [0.3, 0.4) is 0 Å². The molecular weight excluding hydrogens is 238 g/mol. The maximum atomic E-state index is 10.5. The third-order valence-corrected chi connectivity index (χ3v) is 3.67. The number of carbonyl (C=O) groups is 1. The molecule has 3 nitrogen and oxygen atoms in total. The standard InChI is InChI=1S/C16H21NO2/c1-12-8-13(2)17(10-12)11-15-5-3-4-14(9-15)6-7-16(18)19/h3-7,9,12-13H,8,10-11H2,1-2H3,(H,18,19)/b7-6+. The lowest BCUT2D eigenvalue weighted by Crippen LogP contribution is -2.26. The first-order valence-electron chi connectivity index (χ1n) is 6.78. The number of carboxylic acids is 1. The molecule has 1 aromatic rings. The number of rotatable bonds is 4. The van der Waals surface area contributed by atoms with E-state index in [2.05, 4.69) is 30.9 Å². The molecule has 1 saturated heterocycles. The maximum Gasteiger partial charge on any atom is 0.328 e. The maximum absolute atomic E-state index is 10.5. The quantitative estimate of drug-likeness (QED) is 0.845. The molecule has 0 aromatic heterocycles. The fraction of sp³-hybridized carbons (Fsp3) is 0.438. The molecule has 2 unspecified atom stereocenters. The zero-order valence-electron chi connectivity index (χ0n) is 11.5. The minimum atomic E-state index is -0.910. The average Bonchev–Trinajstić information content (AvgIpc) is 2.66. The Morgan fingerprint density at radius 3 is 2.89 bits per heavy atom. The van der Waals surface area contributed by atoms with E-state index in [-0.39, 0.29) is 0 Å². The topological polar surface area (TPSA) is 40.5 Å². The first-order chi connectivity index (χ1) is 9.04. The highest BCUT2D eigenvalue weighted by molar-refractivity contribution is 5.85. The molecule has 0 aliphatic carbocycles. The van der Waals surface area contributed by atoms with E-state index in [9.17, 15) is 4.79 Å². The van der Waals surface area contributed by atoms with Crippen LogP contribution in [0.2, 0.25) is 0 Å². The van der Waals surface area contributed by atoms with Crippen molar-refractivity contribution in [1.82, 2.24) is 4.90 Å². The molecule has 1 heterocycles. The van der Waals surface area contributed by atoms with Gasteiger partial charge in [0.05, 0.1) is 0 Å². The summed E-state index contributed by atoms with van der Waals surface area (Å²) in [6, 6.07) is 8.72. The minimum absolute atomic E-state index is 0.633. The van der Waals surface area contributed by atoms with E-state index in [4.69, 9.17) is 5.11 Å². The summed E-state index contributed by atoms with van der Waals surface area (Å²) in [6.45, 7) is 6.66. The fourth-order valence-corrected chi connectivity index (χ4v) is 2.80. The van der Waals surface area contributed by atoms with Crippen molar-refractivity contribution in [3.05, 3.63) is 41.5 Å². The van der Waals surface area contributed by atoms with E-state index in [1.165, 1.54) is 18.1 Å². The van der Waals surface area contributed by atoms with Crippen molar-refractivity contribution >= 4 is 12.0 Å². The molecule has 2 rings (SSSR count). The summed E-state index contributed by atoms with van der Waals surface area (Å²) in [5.41, 5.74) is 2.19. The Bertz CT molecular complexity index is 481. The van der Waals surface area contributed by atoms with Crippen LogP contribution >= 0.6 is 0 Å². The number of likely N-dealkylation sites (tertiary alicyclic amines) is 1. The van der Waals surface area contributed by atoms with Gasteiger partial charge in [0.15, 0.2) is 0 Å². The third kappa shape index (κ3) is 3.93. The van der Waals surface area contributed by atoms with Crippen molar-refractivity contribution in [2.75, 3.05) is 6.54 Å². The van der Waals surface area contributed by atoms with Gasteiger partial charge in [-0.2, -0.15) is 0 Å². The summed E-state index contributed by atoms with van der Waals surface area (Å²) < 4.78 is 0. The van der Waals surface area contributed by atoms with Crippen molar-refractivity contribution in [3.8, 4) is 0 Å². The van der Waals surface area contributed by atoms with Crippen molar-refractivity contribution < 1.29 is 9.90 Å². The summed E-state index contributed by atoms with van der Waals surface area (Å²) in [7, 11) is 0. The second-order valence-electron chi connectivity index (χ2n) is 5.54. The normalized spacial score (nSPS) is 24.1. The van der Waals surface area contributed by atoms with Crippen molar-refractivity contribution in [1.29, 1.82) is 0 Å². The molecule has 0 saturated carbocycles. The van der Waals surface area contributed by atoms with Crippen molar-refractivity contribution in [3.63, 3.8) is 0 Å². The molecule has 0 bridgehead atoms. The highest BCUT2D eigenvalue weighted by atomic mass is 16.4. The molecule has 1 fully saturated rings. The Morgan fingerprint density at radius 2 is 2.26 bits per heavy atom. The summed E-state index contributed by atoms with van der Waals surface area (Å²) in [6.07, 6.45) is 4.08. The average molecular weight is 259 g/mol. The van der Waals surface area contributed by atoms with Crippen LogP contribution in [-0.2, 0) is 11.3 Å². The number of aliphatic carboxylic acids is 1. The van der Waals surface area contributed by atoms with Gasteiger partial charge in [-0.05, 0) is 36.5 Å². The first kappa shape index (κ1) is 13.8. The van der Waals surface area contributed by atoms with Crippen LogP contribution in [0.1, 0.15) is 31.4 Å². The molecule has 2 atom stereocenters. The molecule has 19 heavy (non-hydrogen) atoms. The Kier molecular flexibility index (Phi) is 4.38. The summed E-state index contributed by atoms with van der Waals surface area (Å²) >= 11 is 0. The number of nitrogens with zero attached hydrogens (tertiary/aromatic N) is 1. The van der Waals surface area contributed by atoms with Gasteiger partial charge in [0, 0.05) is 25.2 Å². The van der Waals surface area contributed by atoms with E-state index in [1.54, 1.807) is 6.08 Å². The van der Waals surface area contributed by atoms with Crippen LogP contribution in [0.25, 0.3) is 6.08 Å². The van der Waals surface area contributed by atoms with Crippen LogP contribution in [0.4, 0.5) is 0 Å². The fourth-order valence-electron chi connectivity index (χ4n) is 2.80. The number of carboxylic acid groups (broad SMARTS) is 1. The Morgan fingerprint density at radius 1 is 1.47 bits per heavy atom. The lowest BCUT2D eigenvalue weighted by atomic mass is 10.1. The van der Waals surface area contributed by atoms with Crippen LogP contribution in [0.5, 0.6) is 0 Å². The zero-order chi connectivity index (χ0) is 13.8. The predicted octanol–water partition coefficient (Wildman–Crippen LogP) is 3.01. The second-order valence-corrected chi connectivity index (χ2v) is 5.54. The second kappa shape index (κ2) is 6.02. The minimum Gasteiger partial charge on any atom is -0.478 e. The van der Waals surface area contributed by atoms with Crippen LogP contribution in [0.15, 0.2) is 30.3 Å². The van der Waals surface area contributed by atoms with Gasteiger partial charge in [-0.3, -0.25) is 4.90 Å². The molecule has 1 aliphatic heterocycles. The smallest absolute Gasteiger partial charge is 0.328 e. The molecule has 1 aromatic carbocycles. The summed E-state index contributed by atoms with van der Waals surface area (Å²) in [5, 5.41) is 8.64. The van der Waals surface area contributed by atoms with E-state index in [0.29, 0.717) is 6.04 Å². The lowest BCUT2D eigenvalue weighted by molar-refractivity contribution is -0.131. The lowest BCUT2D eigenvalue weighted by Gasteiger charge is -2.21. The Hall–Kier alpha value is -1.61. The van der Waals surface area contributed by atoms with Crippen LogP contribution in [0, 0.1) is 5.92 Å². The van der Waals surface area contributed by atoms with Crippen molar-refractivity contribution in [2.45, 2.75) is 32.9 Å². The van der Waals surface area contributed by atoms with E-state index >= 15 is 0 Å². The van der Waals surface area contributed by atoms with Crippen LogP contribution in [-0.4, -0.2) is 28.6 Å². The summed E-state index contributed by atoms with van der Waals surface area (Å²) in [4.78, 5) is 13.0. The molecule has 102 valence electrons. The molecule has 3 heteroatoms. The van der Waals surface area contributed by atoms with Gasteiger partial charge in [0.25, 0.3) is 0 Å². The van der Waals surface area contributed by atoms with Gasteiger partial charge >= 0.3 is 5.97 Å². The van der Waals surface area contributed by atoms with Crippen LogP contribution < -0.4 is 0 Å². The molecule has 0 radical (unpaired) electrons. The van der Waals surface area contributed by atoms with Gasteiger partial charge in [-0.25, -0.2) is 4.79 Å². The van der Waals surface area contributed by atoms with Gasteiger partial charge < -0.3 is 5.11 Å². The van der Waals surface area contributed by atoms with Gasteiger partial charge in [-0.15, -0.1) is 0 Å². The number of hydrogen-bond donors (Lipinski definition) is 1. The number of benzene rings is 1. The van der Waals surface area contributed by atoms with Gasteiger partial charge in [0.1, 0.15) is 0 Å². The molecule has 0 amide bonds. The van der Waals surface area contributed by atoms with Gasteiger partial charge in [-0.1, -0.05) is 31.2 Å². The molecule has 1 aliphatic rings. The highest BCUT2D eigenvalue weighted by Gasteiger charge is 2.25. The van der Waals surface area contributed by atoms with E-state index < -0.39 is 5.97 Å². The highest BCUT2D eigenvalue weighted by Crippen LogP contribution is 2.24. The predicted molar refractivity (Wildman–Crippen MR) is 76.8 cm³/mol. The molecule has 0 spiro atoms. The monoisotopic (exact) mass is 259 g/mol. The summed E-state index contributed by atoms with van der Waals surface area (Å²) in [5.74, 6) is -0.141. The first-order valence-corrected chi connectivity index (χ1v) is 6.78. The van der Waals surface area contributed by atoms with Crippen molar-refractivity contribution in [2.24, 2.45) is 5.92 Å². The molecular formula is C16H21NO2. The largest absolute Gasteiger partial charge is 0.478 e. The SMILES string of the molecule is CC1CC(C)N(Cc2cccc(/C=C/C(=O)O)c2)C1. The van der Waals surface area contributed by atoms with E-state index in [1.807, 2.05) is 12.1 Å².